The fraction of sp³-hybridized carbons (Fsp3) is 1.00. The van der Waals surface area contributed by atoms with Crippen molar-refractivity contribution < 1.29 is 33.2 Å². The number of fused-ring (bicyclic) bond motifs is 2. The highest BCUT2D eigenvalue weighted by Gasteiger charge is 2.59. The van der Waals surface area contributed by atoms with E-state index in [-0.39, 0.29) is 36.6 Å². The third-order valence-electron chi connectivity index (χ3n) is 5.82. The van der Waals surface area contributed by atoms with Crippen molar-refractivity contribution in [3.8, 4) is 0 Å². The van der Waals surface area contributed by atoms with Gasteiger partial charge in [0.05, 0.1) is 26.4 Å². The van der Waals surface area contributed by atoms with Crippen molar-refractivity contribution in [2.24, 2.45) is 0 Å². The van der Waals surface area contributed by atoms with Gasteiger partial charge in [-0.05, 0) is 13.8 Å². The molecule has 0 aromatic heterocycles. The fourth-order valence-corrected chi connectivity index (χ4v) is 4.10. The molecule has 8 atom stereocenters. The van der Waals surface area contributed by atoms with Crippen LogP contribution in [0.4, 0.5) is 0 Å². The van der Waals surface area contributed by atoms with Gasteiger partial charge >= 0.3 is 0 Å². The van der Waals surface area contributed by atoms with Crippen molar-refractivity contribution in [2.75, 3.05) is 40.6 Å². The molecule has 0 bridgehead atoms. The molecule has 0 amide bonds. The first-order chi connectivity index (χ1) is 11.0. The first kappa shape index (κ1) is 16.2. The summed E-state index contributed by atoms with van der Waals surface area (Å²) >= 11 is 0. The molecule has 7 heteroatoms. The largest absolute Gasteiger partial charge is 0.373 e. The maximum absolute atomic E-state index is 6.26. The molecule has 0 saturated carbocycles. The first-order valence-corrected chi connectivity index (χ1v) is 8.23. The second-order valence-corrected chi connectivity index (χ2v) is 7.31. The molecule has 0 aromatic rings. The number of rotatable bonds is 4. The predicted molar refractivity (Wildman–Crippen MR) is 78.4 cm³/mol. The molecule has 0 N–H and O–H groups in total. The number of hydrogen-bond acceptors (Lipinski definition) is 7. The molecule has 4 saturated heterocycles. The van der Waals surface area contributed by atoms with Crippen LogP contribution < -0.4 is 0 Å². The molecule has 0 aliphatic carbocycles. The lowest BCUT2D eigenvalue weighted by atomic mass is 9.97. The van der Waals surface area contributed by atoms with Crippen LogP contribution in [0.15, 0.2) is 0 Å². The molecule has 4 aliphatic rings. The smallest absolute Gasteiger partial charge is 0.117 e. The summed E-state index contributed by atoms with van der Waals surface area (Å²) in [4.78, 5) is 0. The molecule has 0 unspecified atom stereocenters. The van der Waals surface area contributed by atoms with Crippen molar-refractivity contribution in [2.45, 2.75) is 61.7 Å². The summed E-state index contributed by atoms with van der Waals surface area (Å²) in [5, 5.41) is 0. The first-order valence-electron chi connectivity index (χ1n) is 8.23. The van der Waals surface area contributed by atoms with Crippen molar-refractivity contribution in [3.05, 3.63) is 0 Å². The van der Waals surface area contributed by atoms with Crippen LogP contribution in [0.5, 0.6) is 0 Å². The summed E-state index contributed by atoms with van der Waals surface area (Å²) in [5.74, 6) is 0. The Morgan fingerprint density at radius 3 is 1.57 bits per heavy atom. The molecule has 7 nitrogen and oxygen atoms in total. The van der Waals surface area contributed by atoms with Crippen LogP contribution in [-0.2, 0) is 33.2 Å². The van der Waals surface area contributed by atoms with Crippen LogP contribution in [0, 0.1) is 0 Å². The van der Waals surface area contributed by atoms with Crippen LogP contribution in [0.1, 0.15) is 13.8 Å². The summed E-state index contributed by atoms with van der Waals surface area (Å²) in [6, 6.07) is 0. The van der Waals surface area contributed by atoms with Crippen molar-refractivity contribution in [3.63, 3.8) is 0 Å². The van der Waals surface area contributed by atoms with Gasteiger partial charge in [-0.1, -0.05) is 0 Å². The Morgan fingerprint density at radius 2 is 1.17 bits per heavy atom. The Hall–Kier alpha value is -0.280. The van der Waals surface area contributed by atoms with Crippen LogP contribution in [0.2, 0.25) is 0 Å². The van der Waals surface area contributed by atoms with Gasteiger partial charge in [0.1, 0.15) is 47.8 Å². The number of hydrogen-bond donors (Lipinski definition) is 0. The predicted octanol–water partition coefficient (Wildman–Crippen LogP) is 0.146. The maximum atomic E-state index is 6.26. The molecular weight excluding hydrogens is 304 g/mol. The molecular formula is C16H26O7. The van der Waals surface area contributed by atoms with E-state index in [1.54, 1.807) is 14.2 Å². The molecule has 0 aromatic carbocycles. The average Bonchev–Trinajstić information content (AvgIpc) is 3.28. The van der Waals surface area contributed by atoms with E-state index in [1.807, 2.05) is 13.8 Å². The van der Waals surface area contributed by atoms with Crippen LogP contribution >= 0.6 is 0 Å². The number of methoxy groups -OCH3 is 2. The van der Waals surface area contributed by atoms with E-state index in [0.29, 0.717) is 26.4 Å². The second-order valence-electron chi connectivity index (χ2n) is 7.31. The van der Waals surface area contributed by atoms with Gasteiger partial charge in [-0.15, -0.1) is 0 Å². The average molecular weight is 330 g/mol. The van der Waals surface area contributed by atoms with E-state index in [1.165, 1.54) is 0 Å². The van der Waals surface area contributed by atoms with Gasteiger partial charge in [0.2, 0.25) is 0 Å². The highest BCUT2D eigenvalue weighted by atomic mass is 16.7. The Balaban J connectivity index is 1.41. The Bertz CT molecular complexity index is 420. The monoisotopic (exact) mass is 330 g/mol. The summed E-state index contributed by atoms with van der Waals surface area (Å²) in [7, 11) is 3.38. The van der Waals surface area contributed by atoms with E-state index in [9.17, 15) is 0 Å². The van der Waals surface area contributed by atoms with Gasteiger partial charge in [0, 0.05) is 14.2 Å². The lowest BCUT2D eigenvalue weighted by molar-refractivity contribution is -0.117. The zero-order valence-corrected chi connectivity index (χ0v) is 14.2. The van der Waals surface area contributed by atoms with Crippen molar-refractivity contribution in [1.29, 1.82) is 0 Å². The summed E-state index contributed by atoms with van der Waals surface area (Å²) < 4.78 is 41.0. The molecule has 0 spiro atoms. The van der Waals surface area contributed by atoms with E-state index < -0.39 is 11.2 Å². The third-order valence-corrected chi connectivity index (χ3v) is 5.82. The van der Waals surface area contributed by atoms with Crippen LogP contribution in [0.25, 0.3) is 0 Å². The van der Waals surface area contributed by atoms with E-state index in [0.717, 1.165) is 0 Å². The summed E-state index contributed by atoms with van der Waals surface area (Å²) in [5.41, 5.74) is -0.814. The molecule has 4 fully saturated rings. The van der Waals surface area contributed by atoms with E-state index >= 15 is 0 Å². The van der Waals surface area contributed by atoms with Gasteiger partial charge in [-0.25, -0.2) is 0 Å². The minimum absolute atomic E-state index is 0.0932. The van der Waals surface area contributed by atoms with Crippen LogP contribution in [0.3, 0.4) is 0 Å². The van der Waals surface area contributed by atoms with Gasteiger partial charge in [-0.2, -0.15) is 0 Å². The van der Waals surface area contributed by atoms with Gasteiger partial charge < -0.3 is 33.2 Å². The lowest BCUT2D eigenvalue weighted by Gasteiger charge is -2.26. The van der Waals surface area contributed by atoms with E-state index in [2.05, 4.69) is 0 Å². The third kappa shape index (κ3) is 2.37. The lowest BCUT2D eigenvalue weighted by Crippen LogP contribution is -2.45. The molecule has 0 radical (unpaired) electrons. The molecule has 132 valence electrons. The second kappa shape index (κ2) is 5.62. The highest BCUT2D eigenvalue weighted by Crippen LogP contribution is 2.41. The maximum Gasteiger partial charge on any atom is 0.117 e. The topological polar surface area (TPSA) is 64.6 Å². The normalized spacial score (nSPS) is 55.3. The zero-order chi connectivity index (χ0) is 16.2. The standard InChI is InChI=1S/C16H26O7/c1-15(17-3)7-21-11-9(5-19-13(11)15)23-10-6-20-14-12(10)22-8-16(14,2)18-4/h9-14H,5-8H2,1-4H3/t9-,10-,11-,12-,13+,14+,15+,16+/m1/s1. The van der Waals surface area contributed by atoms with Crippen molar-refractivity contribution >= 4 is 0 Å². The van der Waals surface area contributed by atoms with Gasteiger partial charge in [-0.3, -0.25) is 0 Å². The van der Waals surface area contributed by atoms with Crippen molar-refractivity contribution in [1.82, 2.24) is 0 Å². The molecule has 4 heterocycles. The summed E-state index contributed by atoms with van der Waals surface area (Å²) in [6.07, 6.45) is -0.637. The summed E-state index contributed by atoms with van der Waals surface area (Å²) in [6.45, 7) is 6.07. The minimum atomic E-state index is -0.407. The Kier molecular flexibility index (Phi) is 3.96. The van der Waals surface area contributed by atoms with Gasteiger partial charge in [0.15, 0.2) is 0 Å². The van der Waals surface area contributed by atoms with E-state index in [4.69, 9.17) is 33.2 Å². The molecule has 23 heavy (non-hydrogen) atoms. The zero-order valence-electron chi connectivity index (χ0n) is 14.2. The van der Waals surface area contributed by atoms with Crippen LogP contribution in [-0.4, -0.2) is 88.5 Å². The fourth-order valence-electron chi connectivity index (χ4n) is 4.10. The Labute approximate surface area is 136 Å². The molecule has 4 aliphatic heterocycles. The Morgan fingerprint density at radius 1 is 0.739 bits per heavy atom. The minimum Gasteiger partial charge on any atom is -0.373 e. The van der Waals surface area contributed by atoms with Gasteiger partial charge in [0.25, 0.3) is 0 Å². The molecule has 4 rings (SSSR count). The highest BCUT2D eigenvalue weighted by molar-refractivity contribution is 5.06. The quantitative estimate of drug-likeness (QED) is 0.727. The SMILES string of the molecule is CO[C@@]1(C)CO[C@@H]2[C@H](O[C@@H]3CO[C@H]4[C@@H]3OC[C@]4(C)OC)CO[C@@H]21. The number of ether oxygens (including phenoxy) is 7.